The van der Waals surface area contributed by atoms with Crippen LogP contribution in [0.5, 0.6) is 0 Å². The molecule has 2 rings (SSSR count). The molecular formula is C14H20O4S. The van der Waals surface area contributed by atoms with Crippen molar-refractivity contribution in [2.45, 2.75) is 37.1 Å². The number of ether oxygens (including phenoxy) is 2. The average molecular weight is 284 g/mol. The number of benzene rings is 1. The van der Waals surface area contributed by atoms with Crippen molar-refractivity contribution in [3.63, 3.8) is 0 Å². The van der Waals surface area contributed by atoms with Gasteiger partial charge in [-0.25, -0.2) is 0 Å². The lowest BCUT2D eigenvalue weighted by molar-refractivity contribution is -0.135. The Kier molecular flexibility index (Phi) is 4.86. The van der Waals surface area contributed by atoms with Gasteiger partial charge in [-0.2, -0.15) is 0 Å². The zero-order valence-electron chi connectivity index (χ0n) is 11.3. The molecule has 5 heteroatoms. The zero-order chi connectivity index (χ0) is 13.9. The molecular weight excluding hydrogens is 264 g/mol. The van der Waals surface area contributed by atoms with Crippen LogP contribution in [0.1, 0.15) is 19.4 Å². The van der Waals surface area contributed by atoms with Gasteiger partial charge in [0.2, 0.25) is 0 Å². The van der Waals surface area contributed by atoms with Crippen LogP contribution < -0.4 is 0 Å². The van der Waals surface area contributed by atoms with Crippen LogP contribution in [-0.4, -0.2) is 40.5 Å². The Morgan fingerprint density at radius 1 is 1.37 bits per heavy atom. The molecule has 1 aromatic carbocycles. The van der Waals surface area contributed by atoms with E-state index in [0.717, 1.165) is 10.5 Å². The first-order valence-electron chi connectivity index (χ1n) is 6.40. The second kappa shape index (κ2) is 6.24. The normalized spacial score (nSPS) is 23.5. The smallest absolute Gasteiger partial charge is 0.163 e. The zero-order valence-corrected chi connectivity index (χ0v) is 12.1. The van der Waals surface area contributed by atoms with E-state index in [0.29, 0.717) is 18.8 Å². The summed E-state index contributed by atoms with van der Waals surface area (Å²) in [6, 6.07) is 7.50. The SMILES string of the molecule is CC1(C)OC[C@H](C[S+]([O-])c2ccc(CCO)cc2)O1. The van der Waals surface area contributed by atoms with Gasteiger partial charge in [0.05, 0.1) is 6.61 Å². The Labute approximate surface area is 116 Å². The Bertz CT molecular complexity index is 404. The largest absolute Gasteiger partial charge is 0.611 e. The third kappa shape index (κ3) is 4.19. The predicted octanol–water partition coefficient (Wildman–Crippen LogP) is 1.48. The minimum Gasteiger partial charge on any atom is -0.611 e. The van der Waals surface area contributed by atoms with E-state index in [-0.39, 0.29) is 12.7 Å². The standard InChI is InChI=1S/C14H20O4S/c1-14(2)17-9-12(18-14)10-19(16)13-5-3-11(4-6-13)7-8-15/h3-6,12,15H,7-10H2,1-2H3/t12-,19?/m1/s1. The lowest BCUT2D eigenvalue weighted by Crippen LogP contribution is -2.26. The van der Waals surface area contributed by atoms with Crippen LogP contribution in [0.15, 0.2) is 29.2 Å². The fourth-order valence-electron chi connectivity index (χ4n) is 2.05. The highest BCUT2D eigenvalue weighted by Gasteiger charge is 2.35. The van der Waals surface area contributed by atoms with Gasteiger partial charge in [-0.3, -0.25) is 0 Å². The first-order chi connectivity index (χ1) is 9.00. The molecule has 19 heavy (non-hydrogen) atoms. The molecule has 0 bridgehead atoms. The second-order valence-electron chi connectivity index (χ2n) is 5.08. The maximum atomic E-state index is 12.2. The van der Waals surface area contributed by atoms with Gasteiger partial charge < -0.3 is 19.1 Å². The molecule has 0 aliphatic carbocycles. The third-order valence-electron chi connectivity index (χ3n) is 2.99. The Morgan fingerprint density at radius 2 is 2.05 bits per heavy atom. The molecule has 1 aromatic rings. The molecule has 106 valence electrons. The summed E-state index contributed by atoms with van der Waals surface area (Å²) in [5, 5.41) is 8.85. The summed E-state index contributed by atoms with van der Waals surface area (Å²) in [6.07, 6.45) is 0.508. The van der Waals surface area contributed by atoms with E-state index in [4.69, 9.17) is 14.6 Å². The summed E-state index contributed by atoms with van der Waals surface area (Å²) in [5.74, 6) is -0.122. The van der Waals surface area contributed by atoms with E-state index in [1.807, 2.05) is 38.1 Å². The van der Waals surface area contributed by atoms with Crippen molar-refractivity contribution in [2.24, 2.45) is 0 Å². The van der Waals surface area contributed by atoms with Gasteiger partial charge in [0, 0.05) is 6.61 Å². The van der Waals surface area contributed by atoms with E-state index in [1.165, 1.54) is 0 Å². The first-order valence-corrected chi connectivity index (χ1v) is 7.72. The molecule has 1 heterocycles. The summed E-state index contributed by atoms with van der Waals surface area (Å²) < 4.78 is 23.3. The molecule has 1 aliphatic heterocycles. The first kappa shape index (κ1) is 14.8. The maximum Gasteiger partial charge on any atom is 0.163 e. The molecule has 1 aliphatic rings. The topological polar surface area (TPSA) is 61.8 Å². The molecule has 0 spiro atoms. The van der Waals surface area contributed by atoms with Crippen molar-refractivity contribution in [1.82, 2.24) is 0 Å². The van der Waals surface area contributed by atoms with Crippen molar-refractivity contribution in [2.75, 3.05) is 19.0 Å². The van der Waals surface area contributed by atoms with Crippen molar-refractivity contribution in [3.05, 3.63) is 29.8 Å². The van der Waals surface area contributed by atoms with Crippen molar-refractivity contribution < 1.29 is 19.1 Å². The molecule has 0 amide bonds. The van der Waals surface area contributed by atoms with Crippen LogP contribution in [0.4, 0.5) is 0 Å². The summed E-state index contributed by atoms with van der Waals surface area (Å²) in [7, 11) is 0. The summed E-state index contributed by atoms with van der Waals surface area (Å²) in [6.45, 7) is 4.34. The number of aliphatic hydroxyl groups is 1. The van der Waals surface area contributed by atoms with Gasteiger partial charge >= 0.3 is 0 Å². The van der Waals surface area contributed by atoms with Crippen molar-refractivity contribution in [3.8, 4) is 0 Å². The molecule has 0 aromatic heterocycles. The fourth-order valence-corrected chi connectivity index (χ4v) is 3.18. The van der Waals surface area contributed by atoms with Crippen LogP contribution >= 0.6 is 0 Å². The fraction of sp³-hybridized carbons (Fsp3) is 0.571. The highest BCUT2D eigenvalue weighted by atomic mass is 32.2. The Hall–Kier alpha value is -0.590. The van der Waals surface area contributed by atoms with Gasteiger partial charge in [0.1, 0.15) is 11.9 Å². The highest BCUT2D eigenvalue weighted by molar-refractivity contribution is 7.91. The van der Waals surface area contributed by atoms with E-state index in [1.54, 1.807) is 0 Å². The molecule has 1 unspecified atom stereocenters. The van der Waals surface area contributed by atoms with Crippen LogP contribution in [0.25, 0.3) is 0 Å². The van der Waals surface area contributed by atoms with Gasteiger partial charge in [-0.05, 0) is 49.1 Å². The average Bonchev–Trinajstić information content (AvgIpc) is 2.70. The van der Waals surface area contributed by atoms with Gasteiger partial charge in [0.15, 0.2) is 10.7 Å². The Balaban J connectivity index is 1.91. The van der Waals surface area contributed by atoms with E-state index >= 15 is 0 Å². The maximum absolute atomic E-state index is 12.2. The van der Waals surface area contributed by atoms with E-state index in [2.05, 4.69) is 0 Å². The highest BCUT2D eigenvalue weighted by Crippen LogP contribution is 2.25. The summed E-state index contributed by atoms with van der Waals surface area (Å²) in [4.78, 5) is 0.787. The summed E-state index contributed by atoms with van der Waals surface area (Å²) >= 11 is -1.09. The lowest BCUT2D eigenvalue weighted by atomic mass is 10.2. The van der Waals surface area contributed by atoms with E-state index < -0.39 is 17.0 Å². The third-order valence-corrected chi connectivity index (χ3v) is 4.46. The van der Waals surface area contributed by atoms with Crippen molar-refractivity contribution in [1.29, 1.82) is 0 Å². The minimum atomic E-state index is -1.09. The number of hydrogen-bond acceptors (Lipinski definition) is 4. The van der Waals surface area contributed by atoms with Gasteiger partial charge in [-0.15, -0.1) is 0 Å². The molecule has 0 radical (unpaired) electrons. The predicted molar refractivity (Wildman–Crippen MR) is 73.4 cm³/mol. The summed E-state index contributed by atoms with van der Waals surface area (Å²) in [5.41, 5.74) is 1.05. The quantitative estimate of drug-likeness (QED) is 0.832. The molecule has 1 N–H and O–H groups in total. The van der Waals surface area contributed by atoms with Gasteiger partial charge in [-0.1, -0.05) is 12.1 Å². The molecule has 0 saturated carbocycles. The van der Waals surface area contributed by atoms with Crippen molar-refractivity contribution >= 4 is 11.2 Å². The molecule has 2 atom stereocenters. The lowest BCUT2D eigenvalue weighted by Gasteiger charge is -2.18. The van der Waals surface area contributed by atoms with Crippen LogP contribution in [0.2, 0.25) is 0 Å². The molecule has 4 nitrogen and oxygen atoms in total. The van der Waals surface area contributed by atoms with E-state index in [9.17, 15) is 4.55 Å². The van der Waals surface area contributed by atoms with Gasteiger partial charge in [0.25, 0.3) is 0 Å². The second-order valence-corrected chi connectivity index (χ2v) is 6.58. The molecule has 1 saturated heterocycles. The number of rotatable bonds is 5. The number of hydrogen-bond donors (Lipinski definition) is 1. The van der Waals surface area contributed by atoms with Crippen LogP contribution in [-0.2, 0) is 27.1 Å². The molecule has 1 fully saturated rings. The number of aliphatic hydroxyl groups excluding tert-OH is 1. The van der Waals surface area contributed by atoms with Crippen LogP contribution in [0.3, 0.4) is 0 Å². The minimum absolute atomic E-state index is 0.118. The Morgan fingerprint density at radius 3 is 2.58 bits per heavy atom. The monoisotopic (exact) mass is 284 g/mol. The van der Waals surface area contributed by atoms with Crippen LogP contribution in [0, 0.1) is 0 Å².